The molecule has 3 aromatic rings. The van der Waals surface area contributed by atoms with E-state index in [0.29, 0.717) is 5.82 Å². The number of imidazole rings is 1. The Morgan fingerprint density at radius 2 is 2.11 bits per heavy atom. The number of hydrogen-bond acceptors (Lipinski definition) is 2. The number of amides is 1. The highest BCUT2D eigenvalue weighted by Crippen LogP contribution is 2.25. The summed E-state index contributed by atoms with van der Waals surface area (Å²) in [6.45, 7) is 1.48. The van der Waals surface area contributed by atoms with E-state index in [1.165, 1.54) is 6.92 Å². The van der Waals surface area contributed by atoms with Crippen LogP contribution >= 0.6 is 0 Å². The zero-order valence-corrected chi connectivity index (χ0v) is 9.82. The number of hydrogen-bond donors (Lipinski definition) is 3. The standard InChI is InChI=1S/C13H12N4O/c1-8(18)15-11-6-7-14-12(11)13-16-9-4-2-3-5-10(9)17-13/h2-7,14H,1H3,(H,15,18)(H,16,17). The Bertz CT molecular complexity index is 677. The lowest BCUT2D eigenvalue weighted by molar-refractivity contribution is -0.114. The van der Waals surface area contributed by atoms with Crippen LogP contribution in [-0.2, 0) is 4.79 Å². The molecule has 0 aliphatic rings. The summed E-state index contributed by atoms with van der Waals surface area (Å²) in [4.78, 5) is 21.9. The van der Waals surface area contributed by atoms with Gasteiger partial charge in [-0.25, -0.2) is 4.98 Å². The second-order valence-corrected chi connectivity index (χ2v) is 4.05. The van der Waals surface area contributed by atoms with E-state index in [4.69, 9.17) is 0 Å². The Hall–Kier alpha value is -2.56. The summed E-state index contributed by atoms with van der Waals surface area (Å²) in [7, 11) is 0. The zero-order valence-electron chi connectivity index (χ0n) is 9.82. The highest BCUT2D eigenvalue weighted by molar-refractivity contribution is 5.93. The molecule has 3 rings (SSSR count). The number of anilines is 1. The van der Waals surface area contributed by atoms with Gasteiger partial charge in [-0.3, -0.25) is 4.79 Å². The van der Waals surface area contributed by atoms with E-state index in [2.05, 4.69) is 20.3 Å². The first-order chi connectivity index (χ1) is 8.74. The van der Waals surface area contributed by atoms with Gasteiger partial charge in [0.2, 0.25) is 5.91 Å². The highest BCUT2D eigenvalue weighted by atomic mass is 16.1. The maximum absolute atomic E-state index is 11.1. The van der Waals surface area contributed by atoms with E-state index in [0.717, 1.165) is 22.4 Å². The molecule has 0 atom stereocenters. The van der Waals surface area contributed by atoms with Gasteiger partial charge in [0.1, 0.15) is 5.69 Å². The number of H-pyrrole nitrogens is 2. The lowest BCUT2D eigenvalue weighted by Crippen LogP contribution is -2.06. The van der Waals surface area contributed by atoms with Crippen molar-refractivity contribution in [3.05, 3.63) is 36.5 Å². The van der Waals surface area contributed by atoms with E-state index in [1.807, 2.05) is 30.3 Å². The molecule has 0 unspecified atom stereocenters. The lowest BCUT2D eigenvalue weighted by Gasteiger charge is -2.01. The van der Waals surface area contributed by atoms with Crippen LogP contribution in [0, 0.1) is 0 Å². The van der Waals surface area contributed by atoms with Crippen LogP contribution in [0.2, 0.25) is 0 Å². The Labute approximate surface area is 103 Å². The largest absolute Gasteiger partial charge is 0.357 e. The fourth-order valence-electron chi connectivity index (χ4n) is 1.93. The van der Waals surface area contributed by atoms with Crippen LogP contribution in [-0.4, -0.2) is 20.9 Å². The average molecular weight is 240 g/mol. The van der Waals surface area contributed by atoms with Gasteiger partial charge >= 0.3 is 0 Å². The molecule has 0 radical (unpaired) electrons. The predicted molar refractivity (Wildman–Crippen MR) is 70.2 cm³/mol. The molecule has 0 aliphatic carbocycles. The first-order valence-corrected chi connectivity index (χ1v) is 5.64. The van der Waals surface area contributed by atoms with E-state index in [-0.39, 0.29) is 5.91 Å². The van der Waals surface area contributed by atoms with Crippen LogP contribution < -0.4 is 5.32 Å². The van der Waals surface area contributed by atoms with E-state index >= 15 is 0 Å². The minimum Gasteiger partial charge on any atom is -0.357 e. The van der Waals surface area contributed by atoms with Crippen molar-refractivity contribution in [3.8, 4) is 11.5 Å². The van der Waals surface area contributed by atoms with Crippen molar-refractivity contribution in [2.24, 2.45) is 0 Å². The maximum Gasteiger partial charge on any atom is 0.221 e. The zero-order chi connectivity index (χ0) is 12.5. The smallest absolute Gasteiger partial charge is 0.221 e. The van der Waals surface area contributed by atoms with Gasteiger partial charge in [-0.2, -0.15) is 0 Å². The first-order valence-electron chi connectivity index (χ1n) is 5.64. The van der Waals surface area contributed by atoms with E-state index < -0.39 is 0 Å². The third-order valence-corrected chi connectivity index (χ3v) is 2.68. The van der Waals surface area contributed by atoms with Crippen molar-refractivity contribution in [3.63, 3.8) is 0 Å². The number of nitrogens with zero attached hydrogens (tertiary/aromatic N) is 1. The topological polar surface area (TPSA) is 73.6 Å². The molecule has 1 aromatic carbocycles. The number of para-hydroxylation sites is 2. The molecule has 0 fully saturated rings. The number of aromatic amines is 2. The summed E-state index contributed by atoms with van der Waals surface area (Å²) >= 11 is 0. The van der Waals surface area contributed by atoms with Gasteiger partial charge in [0.15, 0.2) is 5.82 Å². The second kappa shape index (κ2) is 4.03. The molecule has 5 nitrogen and oxygen atoms in total. The van der Waals surface area contributed by atoms with Gasteiger partial charge in [0.25, 0.3) is 0 Å². The van der Waals surface area contributed by atoms with Gasteiger partial charge in [-0.15, -0.1) is 0 Å². The van der Waals surface area contributed by atoms with Crippen molar-refractivity contribution < 1.29 is 4.79 Å². The fourth-order valence-corrected chi connectivity index (χ4v) is 1.93. The van der Waals surface area contributed by atoms with Crippen molar-refractivity contribution in [1.82, 2.24) is 15.0 Å². The SMILES string of the molecule is CC(=O)Nc1cc[nH]c1-c1nc2ccccc2[nH]1. The third kappa shape index (κ3) is 1.75. The van der Waals surface area contributed by atoms with Gasteiger partial charge in [-0.05, 0) is 18.2 Å². The van der Waals surface area contributed by atoms with Crippen LogP contribution in [0.1, 0.15) is 6.92 Å². The minimum absolute atomic E-state index is 0.105. The Kier molecular flexibility index (Phi) is 2.37. The molecule has 0 saturated carbocycles. The van der Waals surface area contributed by atoms with Crippen LogP contribution in [0.3, 0.4) is 0 Å². The molecule has 1 amide bonds. The second-order valence-electron chi connectivity index (χ2n) is 4.05. The summed E-state index contributed by atoms with van der Waals surface area (Å²) in [5.41, 5.74) is 3.37. The summed E-state index contributed by atoms with van der Waals surface area (Å²) in [5.74, 6) is 0.608. The molecule has 18 heavy (non-hydrogen) atoms. The van der Waals surface area contributed by atoms with Crippen molar-refractivity contribution in [2.45, 2.75) is 6.92 Å². The molecule has 2 aromatic heterocycles. The van der Waals surface area contributed by atoms with E-state index in [1.54, 1.807) is 6.20 Å². The monoisotopic (exact) mass is 240 g/mol. The number of rotatable bonds is 2. The number of carbonyl (C=O) groups is 1. The first kappa shape index (κ1) is 10.6. The molecular weight excluding hydrogens is 228 g/mol. The molecular formula is C13H12N4O. The van der Waals surface area contributed by atoms with Gasteiger partial charge in [0.05, 0.1) is 16.7 Å². The molecule has 0 spiro atoms. The fraction of sp³-hybridized carbons (Fsp3) is 0.0769. The van der Waals surface area contributed by atoms with Gasteiger partial charge in [-0.1, -0.05) is 12.1 Å². The molecule has 2 heterocycles. The summed E-state index contributed by atoms with van der Waals surface area (Å²) < 4.78 is 0. The van der Waals surface area contributed by atoms with Gasteiger partial charge in [0, 0.05) is 13.1 Å². The number of carbonyl (C=O) groups excluding carboxylic acids is 1. The molecule has 0 saturated heterocycles. The summed E-state index contributed by atoms with van der Waals surface area (Å²) in [5, 5.41) is 2.77. The lowest BCUT2D eigenvalue weighted by atomic mass is 10.3. The molecule has 0 aliphatic heterocycles. The molecule has 3 N–H and O–H groups in total. The number of benzene rings is 1. The van der Waals surface area contributed by atoms with Crippen molar-refractivity contribution in [2.75, 3.05) is 5.32 Å². The molecule has 5 heteroatoms. The van der Waals surface area contributed by atoms with E-state index in [9.17, 15) is 4.79 Å². The minimum atomic E-state index is -0.105. The summed E-state index contributed by atoms with van der Waals surface area (Å²) in [6.07, 6.45) is 1.77. The summed E-state index contributed by atoms with van der Waals surface area (Å²) in [6, 6.07) is 9.61. The van der Waals surface area contributed by atoms with Crippen LogP contribution in [0.15, 0.2) is 36.5 Å². The van der Waals surface area contributed by atoms with Crippen LogP contribution in [0.5, 0.6) is 0 Å². The van der Waals surface area contributed by atoms with Crippen LogP contribution in [0.4, 0.5) is 5.69 Å². The van der Waals surface area contributed by atoms with Crippen LogP contribution in [0.25, 0.3) is 22.6 Å². The molecule has 90 valence electrons. The molecule has 0 bridgehead atoms. The number of fused-ring (bicyclic) bond motifs is 1. The Morgan fingerprint density at radius 3 is 2.89 bits per heavy atom. The van der Waals surface area contributed by atoms with Crippen molar-refractivity contribution >= 4 is 22.6 Å². The Morgan fingerprint density at radius 1 is 1.28 bits per heavy atom. The third-order valence-electron chi connectivity index (χ3n) is 2.68. The Balaban J connectivity index is 2.08. The number of nitrogens with one attached hydrogen (secondary N) is 3. The van der Waals surface area contributed by atoms with Gasteiger partial charge < -0.3 is 15.3 Å². The maximum atomic E-state index is 11.1. The quantitative estimate of drug-likeness (QED) is 0.644. The average Bonchev–Trinajstić information content (AvgIpc) is 2.93. The normalized spacial score (nSPS) is 10.7. The number of aromatic nitrogens is 3. The highest BCUT2D eigenvalue weighted by Gasteiger charge is 2.11. The van der Waals surface area contributed by atoms with Crippen molar-refractivity contribution in [1.29, 1.82) is 0 Å². The predicted octanol–water partition coefficient (Wildman–Crippen LogP) is 2.52.